The molecule has 0 radical (unpaired) electrons. The summed E-state index contributed by atoms with van der Waals surface area (Å²) in [5, 5.41) is 11.3. The number of benzene rings is 1. The van der Waals surface area contributed by atoms with Crippen LogP contribution < -0.4 is 10.1 Å². The molecule has 3 aromatic rings. The standard InChI is InChI=1S/C23H24N6O3/c1-14-4-3-5-19(24-14)23(31)28-11-15-10-20-26-27-21(29(20)13-16(15)12-28)22(30)25-17-6-8-18(32-2)9-7-17/h3-9,15-16H,10-13H2,1-2H3,(H,25,30)/t15-,16+/m0/s1. The number of carbonyl (C=O) groups is 2. The lowest BCUT2D eigenvalue weighted by molar-refractivity contribution is 0.0777. The quantitative estimate of drug-likeness (QED) is 0.678. The van der Waals surface area contributed by atoms with Gasteiger partial charge < -0.3 is 19.5 Å². The lowest BCUT2D eigenvalue weighted by Crippen LogP contribution is -2.31. The molecule has 9 nitrogen and oxygen atoms in total. The lowest BCUT2D eigenvalue weighted by Gasteiger charge is -2.25. The lowest BCUT2D eigenvalue weighted by atomic mass is 9.89. The van der Waals surface area contributed by atoms with E-state index < -0.39 is 0 Å². The van der Waals surface area contributed by atoms with Crippen molar-refractivity contribution in [2.75, 3.05) is 25.5 Å². The van der Waals surface area contributed by atoms with Crippen molar-refractivity contribution >= 4 is 17.5 Å². The molecule has 1 aromatic carbocycles. The molecule has 9 heteroatoms. The maximum Gasteiger partial charge on any atom is 0.293 e. The molecule has 2 amide bonds. The molecule has 32 heavy (non-hydrogen) atoms. The highest BCUT2D eigenvalue weighted by atomic mass is 16.5. The third kappa shape index (κ3) is 3.70. The average Bonchev–Trinajstić information content (AvgIpc) is 3.41. The number of anilines is 1. The third-order valence-electron chi connectivity index (χ3n) is 6.21. The van der Waals surface area contributed by atoms with Crippen LogP contribution in [0.5, 0.6) is 5.75 Å². The Morgan fingerprint density at radius 2 is 1.81 bits per heavy atom. The largest absolute Gasteiger partial charge is 0.497 e. The Morgan fingerprint density at radius 1 is 1.03 bits per heavy atom. The molecule has 0 unspecified atom stereocenters. The number of methoxy groups -OCH3 is 1. The van der Waals surface area contributed by atoms with E-state index in [0.29, 0.717) is 49.2 Å². The molecule has 0 saturated carbocycles. The van der Waals surface area contributed by atoms with E-state index >= 15 is 0 Å². The zero-order chi connectivity index (χ0) is 22.2. The summed E-state index contributed by atoms with van der Waals surface area (Å²) in [5.74, 6) is 2.00. The van der Waals surface area contributed by atoms with Crippen LogP contribution in [0.1, 0.15) is 32.6 Å². The van der Waals surface area contributed by atoms with Crippen molar-refractivity contribution < 1.29 is 14.3 Å². The Hall–Kier alpha value is -3.75. The number of amides is 2. The van der Waals surface area contributed by atoms with E-state index in [0.717, 1.165) is 17.3 Å². The van der Waals surface area contributed by atoms with Gasteiger partial charge >= 0.3 is 0 Å². The summed E-state index contributed by atoms with van der Waals surface area (Å²) in [7, 11) is 1.60. The molecule has 0 aliphatic carbocycles. The number of ether oxygens (including phenoxy) is 1. The number of rotatable bonds is 4. The summed E-state index contributed by atoms with van der Waals surface area (Å²) in [6.07, 6.45) is 0.693. The van der Waals surface area contributed by atoms with Gasteiger partial charge in [-0.1, -0.05) is 6.07 Å². The maximum absolute atomic E-state index is 12.9. The molecule has 5 rings (SSSR count). The van der Waals surface area contributed by atoms with Crippen molar-refractivity contribution in [3.8, 4) is 5.75 Å². The van der Waals surface area contributed by atoms with E-state index in [2.05, 4.69) is 20.5 Å². The van der Waals surface area contributed by atoms with Crippen molar-refractivity contribution in [1.29, 1.82) is 0 Å². The third-order valence-corrected chi connectivity index (χ3v) is 6.21. The minimum Gasteiger partial charge on any atom is -0.497 e. The molecule has 164 valence electrons. The molecule has 4 heterocycles. The van der Waals surface area contributed by atoms with Crippen LogP contribution in [-0.4, -0.2) is 56.7 Å². The van der Waals surface area contributed by atoms with Gasteiger partial charge in [0.1, 0.15) is 17.3 Å². The number of hydrogen-bond donors (Lipinski definition) is 1. The number of pyridine rings is 1. The number of hydrogen-bond acceptors (Lipinski definition) is 6. The average molecular weight is 432 g/mol. The monoisotopic (exact) mass is 432 g/mol. The Kier molecular flexibility index (Phi) is 5.08. The fourth-order valence-corrected chi connectivity index (χ4v) is 4.54. The van der Waals surface area contributed by atoms with E-state index in [1.54, 1.807) is 37.4 Å². The second-order valence-corrected chi connectivity index (χ2v) is 8.33. The van der Waals surface area contributed by atoms with Gasteiger partial charge in [0.2, 0.25) is 5.82 Å². The van der Waals surface area contributed by atoms with Crippen molar-refractivity contribution in [2.45, 2.75) is 19.9 Å². The van der Waals surface area contributed by atoms with Crippen LogP contribution in [0, 0.1) is 18.8 Å². The van der Waals surface area contributed by atoms with Gasteiger partial charge in [-0.3, -0.25) is 9.59 Å². The molecule has 2 aromatic heterocycles. The maximum atomic E-state index is 12.9. The summed E-state index contributed by atoms with van der Waals surface area (Å²) >= 11 is 0. The molecule has 0 bridgehead atoms. The number of likely N-dealkylation sites (tertiary alicyclic amines) is 1. The number of nitrogens with zero attached hydrogens (tertiary/aromatic N) is 5. The minimum absolute atomic E-state index is 0.0451. The predicted molar refractivity (Wildman–Crippen MR) is 117 cm³/mol. The first kappa shape index (κ1) is 20.2. The van der Waals surface area contributed by atoms with Crippen LogP contribution in [0.15, 0.2) is 42.5 Å². The first-order valence-corrected chi connectivity index (χ1v) is 10.6. The van der Waals surface area contributed by atoms with Gasteiger partial charge in [-0.15, -0.1) is 10.2 Å². The van der Waals surface area contributed by atoms with E-state index in [1.807, 2.05) is 28.5 Å². The molecule has 2 aliphatic heterocycles. The first-order chi connectivity index (χ1) is 15.5. The summed E-state index contributed by atoms with van der Waals surface area (Å²) in [4.78, 5) is 32.0. The smallest absolute Gasteiger partial charge is 0.293 e. The topological polar surface area (TPSA) is 102 Å². The van der Waals surface area contributed by atoms with Crippen LogP contribution in [0.3, 0.4) is 0 Å². The van der Waals surface area contributed by atoms with Crippen LogP contribution in [-0.2, 0) is 13.0 Å². The Labute approximate surface area is 185 Å². The normalized spacial score (nSPS) is 19.2. The molecule has 1 saturated heterocycles. The Morgan fingerprint density at radius 3 is 2.56 bits per heavy atom. The van der Waals surface area contributed by atoms with Gasteiger partial charge in [0.05, 0.1) is 7.11 Å². The van der Waals surface area contributed by atoms with Crippen molar-refractivity contribution in [2.24, 2.45) is 11.8 Å². The first-order valence-electron chi connectivity index (χ1n) is 10.6. The van der Waals surface area contributed by atoms with Crippen LogP contribution in [0.4, 0.5) is 5.69 Å². The van der Waals surface area contributed by atoms with Crippen LogP contribution in [0.25, 0.3) is 0 Å². The highest BCUT2D eigenvalue weighted by Gasteiger charge is 2.41. The SMILES string of the molecule is COc1ccc(NC(=O)c2nnc3n2C[C@H]2CN(C(=O)c4cccc(C)n4)C[C@@H]2C3)cc1. The Bertz CT molecular complexity index is 1170. The number of aryl methyl sites for hydroxylation is 1. The van der Waals surface area contributed by atoms with Crippen molar-refractivity contribution in [3.05, 3.63) is 65.5 Å². The van der Waals surface area contributed by atoms with E-state index in [-0.39, 0.29) is 17.7 Å². The summed E-state index contributed by atoms with van der Waals surface area (Å²) in [5.41, 5.74) is 1.96. The predicted octanol–water partition coefficient (Wildman–Crippen LogP) is 2.19. The van der Waals surface area contributed by atoms with Gasteiger partial charge in [-0.2, -0.15) is 0 Å². The second-order valence-electron chi connectivity index (χ2n) is 8.33. The number of carbonyl (C=O) groups excluding carboxylic acids is 2. The van der Waals surface area contributed by atoms with Gasteiger partial charge in [0.15, 0.2) is 0 Å². The summed E-state index contributed by atoms with van der Waals surface area (Å²) < 4.78 is 7.04. The van der Waals surface area contributed by atoms with Crippen LogP contribution in [0.2, 0.25) is 0 Å². The number of nitrogens with one attached hydrogen (secondary N) is 1. The summed E-state index contributed by atoms with van der Waals surface area (Å²) in [6, 6.07) is 12.6. The van der Waals surface area contributed by atoms with E-state index in [4.69, 9.17) is 4.74 Å². The molecular weight excluding hydrogens is 408 g/mol. The number of aromatic nitrogens is 4. The second kappa shape index (κ2) is 8.07. The van der Waals surface area contributed by atoms with Crippen molar-refractivity contribution in [3.63, 3.8) is 0 Å². The highest BCUT2D eigenvalue weighted by Crippen LogP contribution is 2.33. The zero-order valence-corrected chi connectivity index (χ0v) is 18.0. The number of fused-ring (bicyclic) bond motifs is 2. The molecule has 1 N–H and O–H groups in total. The minimum atomic E-state index is -0.303. The molecule has 1 fully saturated rings. The highest BCUT2D eigenvalue weighted by molar-refractivity contribution is 6.01. The van der Waals surface area contributed by atoms with Gasteiger partial charge in [0.25, 0.3) is 11.8 Å². The van der Waals surface area contributed by atoms with Gasteiger partial charge in [-0.05, 0) is 55.2 Å². The van der Waals surface area contributed by atoms with Crippen molar-refractivity contribution in [1.82, 2.24) is 24.6 Å². The molecule has 2 atom stereocenters. The van der Waals surface area contributed by atoms with E-state index in [1.165, 1.54) is 0 Å². The van der Waals surface area contributed by atoms with Gasteiger partial charge in [0, 0.05) is 37.4 Å². The van der Waals surface area contributed by atoms with Gasteiger partial charge in [-0.25, -0.2) is 4.98 Å². The fraction of sp³-hybridized carbons (Fsp3) is 0.348. The van der Waals surface area contributed by atoms with E-state index in [9.17, 15) is 9.59 Å². The zero-order valence-electron chi connectivity index (χ0n) is 18.0. The molecular formula is C23H24N6O3. The Balaban J connectivity index is 1.29. The fourth-order valence-electron chi connectivity index (χ4n) is 4.54. The molecule has 2 aliphatic rings. The van der Waals surface area contributed by atoms with Crippen LogP contribution >= 0.6 is 0 Å². The molecule has 0 spiro atoms. The summed E-state index contributed by atoms with van der Waals surface area (Å²) in [6.45, 7) is 3.80.